The van der Waals surface area contributed by atoms with Gasteiger partial charge in [0.1, 0.15) is 11.6 Å². The topological polar surface area (TPSA) is 60.2 Å². The van der Waals surface area contributed by atoms with Gasteiger partial charge in [0.05, 0.1) is 0 Å². The van der Waals surface area contributed by atoms with Gasteiger partial charge in [-0.2, -0.15) is 4.98 Å². The zero-order valence-corrected chi connectivity index (χ0v) is 10.9. The van der Waals surface area contributed by atoms with E-state index in [0.717, 1.165) is 6.54 Å². The summed E-state index contributed by atoms with van der Waals surface area (Å²) in [5, 5.41) is 6.77. The molecule has 0 bridgehead atoms. The van der Waals surface area contributed by atoms with Gasteiger partial charge in [-0.25, -0.2) is 4.39 Å². The maximum Gasteiger partial charge on any atom is 0.213 e. The first-order valence-electron chi connectivity index (χ1n) is 6.11. The Morgan fingerprint density at radius 1 is 1.47 bits per heavy atom. The van der Waals surface area contributed by atoms with Crippen LogP contribution in [0.5, 0.6) is 5.75 Å². The van der Waals surface area contributed by atoms with Gasteiger partial charge in [0.25, 0.3) is 0 Å². The molecule has 1 aromatic carbocycles. The smallest absolute Gasteiger partial charge is 0.213 e. The number of aromatic nitrogens is 2. The lowest BCUT2D eigenvalue weighted by molar-refractivity contribution is 0.285. The van der Waals surface area contributed by atoms with Gasteiger partial charge in [-0.1, -0.05) is 18.1 Å². The minimum atomic E-state index is -0.293. The summed E-state index contributed by atoms with van der Waals surface area (Å²) < 4.78 is 23.9. The third-order valence-electron chi connectivity index (χ3n) is 2.72. The molecule has 1 unspecified atom stereocenters. The quantitative estimate of drug-likeness (QED) is 0.869. The van der Waals surface area contributed by atoms with E-state index in [1.54, 1.807) is 12.1 Å². The highest BCUT2D eigenvalue weighted by molar-refractivity contribution is 5.30. The van der Waals surface area contributed by atoms with Crippen LogP contribution in [0.15, 0.2) is 29.1 Å². The lowest BCUT2D eigenvalue weighted by atomic mass is 10.1. The molecule has 2 rings (SSSR count). The number of halogens is 1. The van der Waals surface area contributed by atoms with Crippen molar-refractivity contribution in [2.45, 2.75) is 26.5 Å². The standard InChI is InChI=1S/C13H16FN3O2/c1-3-15-9(2)11-5-4-10(6-12(11)14)18-7-13-16-8-19-17-13/h4-6,8-9,15H,3,7H2,1-2H3. The van der Waals surface area contributed by atoms with Crippen molar-refractivity contribution in [2.75, 3.05) is 6.54 Å². The zero-order chi connectivity index (χ0) is 13.7. The van der Waals surface area contributed by atoms with Crippen LogP contribution in [-0.4, -0.2) is 16.7 Å². The van der Waals surface area contributed by atoms with E-state index >= 15 is 0 Å². The van der Waals surface area contributed by atoms with Crippen molar-refractivity contribution in [1.82, 2.24) is 15.5 Å². The zero-order valence-electron chi connectivity index (χ0n) is 10.9. The Morgan fingerprint density at radius 2 is 2.32 bits per heavy atom. The number of nitrogens with zero attached hydrogens (tertiary/aromatic N) is 2. The molecule has 0 aliphatic rings. The highest BCUT2D eigenvalue weighted by Crippen LogP contribution is 2.22. The van der Waals surface area contributed by atoms with E-state index in [1.165, 1.54) is 12.5 Å². The molecule has 1 N–H and O–H groups in total. The Kier molecular flexibility index (Phi) is 4.46. The van der Waals surface area contributed by atoms with Crippen LogP contribution >= 0.6 is 0 Å². The number of ether oxygens (including phenoxy) is 1. The summed E-state index contributed by atoms with van der Waals surface area (Å²) in [6.45, 7) is 4.84. The number of benzene rings is 1. The van der Waals surface area contributed by atoms with Crippen molar-refractivity contribution in [3.63, 3.8) is 0 Å². The Morgan fingerprint density at radius 3 is 2.95 bits per heavy atom. The highest BCUT2D eigenvalue weighted by atomic mass is 19.1. The van der Waals surface area contributed by atoms with E-state index < -0.39 is 0 Å². The van der Waals surface area contributed by atoms with E-state index in [4.69, 9.17) is 4.74 Å². The first-order valence-corrected chi connectivity index (χ1v) is 6.11. The van der Waals surface area contributed by atoms with Crippen molar-refractivity contribution in [3.8, 4) is 5.75 Å². The average molecular weight is 265 g/mol. The van der Waals surface area contributed by atoms with Crippen molar-refractivity contribution in [2.24, 2.45) is 0 Å². The molecule has 0 saturated heterocycles. The number of hydrogen-bond acceptors (Lipinski definition) is 5. The maximum absolute atomic E-state index is 13.9. The number of hydrogen-bond donors (Lipinski definition) is 1. The fourth-order valence-electron chi connectivity index (χ4n) is 1.77. The van der Waals surface area contributed by atoms with Crippen LogP contribution in [0.4, 0.5) is 4.39 Å². The summed E-state index contributed by atoms with van der Waals surface area (Å²) in [5.74, 6) is 0.569. The molecule has 1 atom stereocenters. The largest absolute Gasteiger partial charge is 0.485 e. The third-order valence-corrected chi connectivity index (χ3v) is 2.72. The van der Waals surface area contributed by atoms with Crippen LogP contribution < -0.4 is 10.1 Å². The molecule has 6 heteroatoms. The highest BCUT2D eigenvalue weighted by Gasteiger charge is 2.11. The van der Waals surface area contributed by atoms with Crippen molar-refractivity contribution >= 4 is 0 Å². The van der Waals surface area contributed by atoms with E-state index in [0.29, 0.717) is 17.1 Å². The van der Waals surface area contributed by atoms with E-state index in [1.807, 2.05) is 13.8 Å². The Bertz CT molecular complexity index is 517. The van der Waals surface area contributed by atoms with Crippen molar-refractivity contribution in [1.29, 1.82) is 0 Å². The van der Waals surface area contributed by atoms with E-state index in [-0.39, 0.29) is 18.5 Å². The Labute approximate surface area is 110 Å². The summed E-state index contributed by atoms with van der Waals surface area (Å²) in [4.78, 5) is 3.82. The lowest BCUT2D eigenvalue weighted by Crippen LogP contribution is -2.18. The fourth-order valence-corrected chi connectivity index (χ4v) is 1.77. The van der Waals surface area contributed by atoms with Crippen LogP contribution in [0.1, 0.15) is 31.3 Å². The second-order valence-electron chi connectivity index (χ2n) is 4.10. The third kappa shape index (κ3) is 3.51. The predicted octanol–water partition coefficient (Wildman–Crippen LogP) is 2.46. The van der Waals surface area contributed by atoms with Gasteiger partial charge in [0, 0.05) is 17.7 Å². The molecular weight excluding hydrogens is 249 g/mol. The first-order chi connectivity index (χ1) is 9.20. The second-order valence-corrected chi connectivity index (χ2v) is 4.10. The van der Waals surface area contributed by atoms with E-state index in [9.17, 15) is 4.39 Å². The molecule has 0 saturated carbocycles. The monoisotopic (exact) mass is 265 g/mol. The van der Waals surface area contributed by atoms with Gasteiger partial charge >= 0.3 is 0 Å². The normalized spacial score (nSPS) is 12.4. The van der Waals surface area contributed by atoms with Gasteiger partial charge in [-0.15, -0.1) is 0 Å². The summed E-state index contributed by atoms with van der Waals surface area (Å²) in [7, 11) is 0. The summed E-state index contributed by atoms with van der Waals surface area (Å²) in [5.41, 5.74) is 0.619. The summed E-state index contributed by atoms with van der Waals surface area (Å²) in [6, 6.07) is 4.78. The number of nitrogens with one attached hydrogen (secondary N) is 1. The molecule has 0 fully saturated rings. The van der Waals surface area contributed by atoms with Crippen LogP contribution in [0, 0.1) is 5.82 Å². The van der Waals surface area contributed by atoms with Gasteiger partial charge < -0.3 is 14.6 Å². The first kappa shape index (κ1) is 13.5. The molecule has 2 aromatic rings. The second kappa shape index (κ2) is 6.29. The SMILES string of the molecule is CCNC(C)c1ccc(OCc2ncon2)cc1F. The number of rotatable bonds is 6. The molecule has 5 nitrogen and oxygen atoms in total. The van der Waals surface area contributed by atoms with Gasteiger partial charge in [0.15, 0.2) is 6.61 Å². The van der Waals surface area contributed by atoms with Crippen LogP contribution in [0.3, 0.4) is 0 Å². The summed E-state index contributed by atoms with van der Waals surface area (Å²) in [6.07, 6.45) is 1.22. The molecule has 0 aliphatic heterocycles. The molecular formula is C13H16FN3O2. The fraction of sp³-hybridized carbons (Fsp3) is 0.385. The molecule has 0 aliphatic carbocycles. The van der Waals surface area contributed by atoms with Crippen LogP contribution in [0.2, 0.25) is 0 Å². The molecule has 0 spiro atoms. The van der Waals surface area contributed by atoms with E-state index in [2.05, 4.69) is 20.0 Å². The van der Waals surface area contributed by atoms with Gasteiger partial charge in [0.2, 0.25) is 12.2 Å². The molecule has 102 valence electrons. The minimum absolute atomic E-state index is 0.0312. The van der Waals surface area contributed by atoms with Crippen LogP contribution in [-0.2, 0) is 6.61 Å². The molecule has 1 aromatic heterocycles. The maximum atomic E-state index is 13.9. The molecule has 0 radical (unpaired) electrons. The summed E-state index contributed by atoms with van der Waals surface area (Å²) >= 11 is 0. The molecule has 0 amide bonds. The molecule has 19 heavy (non-hydrogen) atoms. The van der Waals surface area contributed by atoms with Crippen molar-refractivity contribution < 1.29 is 13.7 Å². The minimum Gasteiger partial charge on any atom is -0.485 e. The molecule has 1 heterocycles. The van der Waals surface area contributed by atoms with Crippen molar-refractivity contribution in [3.05, 3.63) is 41.8 Å². The van der Waals surface area contributed by atoms with Gasteiger partial charge in [-0.05, 0) is 19.5 Å². The lowest BCUT2D eigenvalue weighted by Gasteiger charge is -2.14. The Balaban J connectivity index is 2.02. The van der Waals surface area contributed by atoms with Crippen LogP contribution in [0.25, 0.3) is 0 Å². The average Bonchev–Trinajstić information content (AvgIpc) is 2.89. The Hall–Kier alpha value is -1.95. The predicted molar refractivity (Wildman–Crippen MR) is 67.1 cm³/mol. The van der Waals surface area contributed by atoms with Gasteiger partial charge in [-0.3, -0.25) is 0 Å².